The predicted molar refractivity (Wildman–Crippen MR) is 108 cm³/mol. The monoisotopic (exact) mass is 401 g/mol. The first-order valence-corrected chi connectivity index (χ1v) is 9.17. The van der Waals surface area contributed by atoms with Crippen LogP contribution in [0.15, 0.2) is 58.0 Å². The standard InChI is InChI=1S/C20H21ClFN5O/c1-23-20(27(2)13-14-6-8-17(22)9-7-14)24-11-10-18-25-19(26-28-18)15-4-3-5-16(21)12-15/h3-9,12H,10-11,13H2,1-2H3,(H,23,24). The van der Waals surface area contributed by atoms with Crippen molar-refractivity contribution in [3.05, 3.63) is 70.8 Å². The van der Waals surface area contributed by atoms with E-state index in [1.54, 1.807) is 31.3 Å². The van der Waals surface area contributed by atoms with Crippen molar-refractivity contribution in [3.8, 4) is 11.4 Å². The summed E-state index contributed by atoms with van der Waals surface area (Å²) >= 11 is 6.00. The van der Waals surface area contributed by atoms with E-state index in [9.17, 15) is 4.39 Å². The topological polar surface area (TPSA) is 66.5 Å². The Morgan fingerprint density at radius 3 is 2.75 bits per heavy atom. The second-order valence-electron chi connectivity index (χ2n) is 6.23. The maximum atomic E-state index is 13.0. The third kappa shape index (κ3) is 5.29. The molecular formula is C20H21ClFN5O. The molecule has 28 heavy (non-hydrogen) atoms. The lowest BCUT2D eigenvalue weighted by Crippen LogP contribution is -2.39. The lowest BCUT2D eigenvalue weighted by Gasteiger charge is -2.22. The molecule has 0 unspecified atom stereocenters. The summed E-state index contributed by atoms with van der Waals surface area (Å²) in [5.41, 5.74) is 1.81. The molecule has 0 fully saturated rings. The van der Waals surface area contributed by atoms with E-state index in [0.717, 1.165) is 17.1 Å². The van der Waals surface area contributed by atoms with Crippen LogP contribution in [0.3, 0.4) is 0 Å². The molecule has 0 saturated heterocycles. The summed E-state index contributed by atoms with van der Waals surface area (Å²) in [6, 6.07) is 13.7. The molecule has 1 heterocycles. The summed E-state index contributed by atoms with van der Waals surface area (Å²) in [4.78, 5) is 10.6. The Balaban J connectivity index is 1.52. The van der Waals surface area contributed by atoms with Gasteiger partial charge in [-0.15, -0.1) is 0 Å². The van der Waals surface area contributed by atoms with Gasteiger partial charge in [-0.2, -0.15) is 4.98 Å². The largest absolute Gasteiger partial charge is 0.356 e. The van der Waals surface area contributed by atoms with Gasteiger partial charge >= 0.3 is 0 Å². The quantitative estimate of drug-likeness (QED) is 0.503. The van der Waals surface area contributed by atoms with E-state index < -0.39 is 0 Å². The van der Waals surface area contributed by atoms with Gasteiger partial charge < -0.3 is 14.7 Å². The minimum Gasteiger partial charge on any atom is -0.356 e. The summed E-state index contributed by atoms with van der Waals surface area (Å²) in [7, 11) is 3.64. The maximum Gasteiger partial charge on any atom is 0.228 e. The van der Waals surface area contributed by atoms with Gasteiger partial charge in [0.15, 0.2) is 5.96 Å². The zero-order valence-corrected chi connectivity index (χ0v) is 16.4. The molecule has 146 valence electrons. The minimum absolute atomic E-state index is 0.245. The molecule has 0 aliphatic heterocycles. The molecule has 0 aliphatic carbocycles. The number of aliphatic imine (C=N–C) groups is 1. The molecule has 6 nitrogen and oxygen atoms in total. The van der Waals surface area contributed by atoms with Crippen molar-refractivity contribution in [1.82, 2.24) is 20.4 Å². The Bertz CT molecular complexity index is 942. The van der Waals surface area contributed by atoms with Crippen LogP contribution in [-0.4, -0.2) is 41.6 Å². The Kier molecular flexibility index (Phi) is 6.60. The minimum atomic E-state index is -0.245. The van der Waals surface area contributed by atoms with E-state index in [-0.39, 0.29) is 5.82 Å². The number of hydrogen-bond donors (Lipinski definition) is 1. The summed E-state index contributed by atoms with van der Waals surface area (Å²) in [5.74, 6) is 1.51. The van der Waals surface area contributed by atoms with E-state index in [0.29, 0.717) is 36.2 Å². The van der Waals surface area contributed by atoms with E-state index in [4.69, 9.17) is 16.1 Å². The fourth-order valence-corrected chi connectivity index (χ4v) is 2.90. The van der Waals surface area contributed by atoms with Gasteiger partial charge in [0, 0.05) is 44.2 Å². The van der Waals surface area contributed by atoms with Crippen LogP contribution in [0, 0.1) is 5.82 Å². The fourth-order valence-electron chi connectivity index (χ4n) is 2.71. The first kappa shape index (κ1) is 19.8. The summed E-state index contributed by atoms with van der Waals surface area (Å²) < 4.78 is 18.3. The van der Waals surface area contributed by atoms with Crippen LogP contribution in [0.4, 0.5) is 4.39 Å². The van der Waals surface area contributed by atoms with E-state index in [2.05, 4.69) is 20.4 Å². The molecule has 3 aromatic rings. The molecule has 1 N–H and O–H groups in total. The Morgan fingerprint density at radius 1 is 1.25 bits per heavy atom. The van der Waals surface area contributed by atoms with Crippen molar-refractivity contribution >= 4 is 17.6 Å². The third-order valence-corrected chi connectivity index (χ3v) is 4.31. The highest BCUT2D eigenvalue weighted by atomic mass is 35.5. The van der Waals surface area contributed by atoms with Crippen molar-refractivity contribution in [2.24, 2.45) is 4.99 Å². The van der Waals surface area contributed by atoms with Gasteiger partial charge in [-0.25, -0.2) is 4.39 Å². The van der Waals surface area contributed by atoms with Gasteiger partial charge in [0.25, 0.3) is 0 Å². The first-order chi connectivity index (χ1) is 13.5. The molecule has 1 aromatic heterocycles. The van der Waals surface area contributed by atoms with Crippen molar-refractivity contribution in [1.29, 1.82) is 0 Å². The van der Waals surface area contributed by atoms with Gasteiger partial charge in [0.2, 0.25) is 11.7 Å². The normalized spacial score (nSPS) is 11.5. The van der Waals surface area contributed by atoms with Crippen molar-refractivity contribution in [3.63, 3.8) is 0 Å². The maximum absolute atomic E-state index is 13.0. The molecule has 2 aromatic carbocycles. The van der Waals surface area contributed by atoms with E-state index >= 15 is 0 Å². The number of nitrogens with zero attached hydrogens (tertiary/aromatic N) is 4. The molecule has 0 aliphatic rings. The van der Waals surface area contributed by atoms with Gasteiger partial charge in [-0.3, -0.25) is 4.99 Å². The predicted octanol–water partition coefficient (Wildman–Crippen LogP) is 3.78. The van der Waals surface area contributed by atoms with Gasteiger partial charge in [-0.05, 0) is 29.8 Å². The highest BCUT2D eigenvalue weighted by Gasteiger charge is 2.11. The zero-order valence-electron chi connectivity index (χ0n) is 15.7. The Morgan fingerprint density at radius 2 is 2.04 bits per heavy atom. The van der Waals surface area contributed by atoms with Crippen molar-refractivity contribution in [2.75, 3.05) is 20.6 Å². The molecule has 0 amide bonds. The lowest BCUT2D eigenvalue weighted by molar-refractivity contribution is 0.377. The van der Waals surface area contributed by atoms with Crippen molar-refractivity contribution in [2.45, 2.75) is 13.0 Å². The van der Waals surface area contributed by atoms with E-state index in [1.807, 2.05) is 24.1 Å². The molecule has 8 heteroatoms. The number of halogens is 2. The molecule has 0 saturated carbocycles. The van der Waals surface area contributed by atoms with Gasteiger partial charge in [-0.1, -0.05) is 41.0 Å². The van der Waals surface area contributed by atoms with Gasteiger partial charge in [0.05, 0.1) is 0 Å². The molecule has 3 rings (SSSR count). The number of guanidine groups is 1. The van der Waals surface area contributed by atoms with Crippen molar-refractivity contribution < 1.29 is 8.91 Å². The number of nitrogens with one attached hydrogen (secondary N) is 1. The second kappa shape index (κ2) is 9.32. The molecule has 0 atom stereocenters. The number of rotatable bonds is 6. The van der Waals surface area contributed by atoms with Crippen LogP contribution in [0.5, 0.6) is 0 Å². The van der Waals surface area contributed by atoms with Crippen LogP contribution in [0.1, 0.15) is 11.5 Å². The summed E-state index contributed by atoms with van der Waals surface area (Å²) in [6.45, 7) is 1.19. The zero-order chi connectivity index (χ0) is 19.9. The van der Waals surface area contributed by atoms with Gasteiger partial charge in [0.1, 0.15) is 5.82 Å². The van der Waals surface area contributed by atoms with Crippen LogP contribution >= 0.6 is 11.6 Å². The average molecular weight is 402 g/mol. The molecule has 0 radical (unpaired) electrons. The fraction of sp³-hybridized carbons (Fsp3) is 0.250. The summed E-state index contributed by atoms with van der Waals surface area (Å²) in [5, 5.41) is 7.88. The Hall–Kier alpha value is -2.93. The third-order valence-electron chi connectivity index (χ3n) is 4.08. The molecular weight excluding hydrogens is 381 g/mol. The van der Waals surface area contributed by atoms with Crippen LogP contribution in [-0.2, 0) is 13.0 Å². The van der Waals surface area contributed by atoms with E-state index in [1.165, 1.54) is 12.1 Å². The Labute approximate surface area is 168 Å². The van der Waals surface area contributed by atoms with Crippen LogP contribution in [0.25, 0.3) is 11.4 Å². The number of benzene rings is 2. The molecule has 0 bridgehead atoms. The molecule has 0 spiro atoms. The number of aromatic nitrogens is 2. The SMILES string of the molecule is CN=C(NCCc1nc(-c2cccc(Cl)c2)no1)N(C)Cc1ccc(F)cc1. The first-order valence-electron chi connectivity index (χ1n) is 8.80. The highest BCUT2D eigenvalue weighted by Crippen LogP contribution is 2.19. The number of hydrogen-bond acceptors (Lipinski definition) is 4. The smallest absolute Gasteiger partial charge is 0.228 e. The summed E-state index contributed by atoms with van der Waals surface area (Å²) in [6.07, 6.45) is 0.553. The highest BCUT2D eigenvalue weighted by molar-refractivity contribution is 6.30. The lowest BCUT2D eigenvalue weighted by atomic mass is 10.2. The second-order valence-corrected chi connectivity index (χ2v) is 6.67. The van der Waals surface area contributed by atoms with Crippen LogP contribution in [0.2, 0.25) is 5.02 Å². The average Bonchev–Trinajstić information content (AvgIpc) is 3.16. The van der Waals surface area contributed by atoms with Crippen LogP contribution < -0.4 is 5.32 Å².